The van der Waals surface area contributed by atoms with Crippen molar-refractivity contribution in [1.29, 1.82) is 0 Å². The lowest BCUT2D eigenvalue weighted by Gasteiger charge is -2.04. The zero-order valence-electron chi connectivity index (χ0n) is 10.7. The number of aromatic hydroxyl groups is 5. The molecule has 0 aromatic heterocycles. The van der Waals surface area contributed by atoms with Crippen LogP contribution in [0.25, 0.3) is 6.08 Å². The second-order valence-electron chi connectivity index (χ2n) is 4.30. The Morgan fingerprint density at radius 3 is 2.14 bits per heavy atom. The fraction of sp³-hybridized carbons (Fsp3) is 0. The fourth-order valence-electron chi connectivity index (χ4n) is 1.69. The van der Waals surface area contributed by atoms with E-state index in [1.54, 1.807) is 0 Å². The van der Waals surface area contributed by atoms with E-state index in [9.17, 15) is 25.2 Å². The molecule has 0 aliphatic rings. The molecule has 108 valence electrons. The van der Waals surface area contributed by atoms with Gasteiger partial charge in [0.2, 0.25) is 0 Å². The van der Waals surface area contributed by atoms with Crippen molar-refractivity contribution >= 4 is 11.9 Å². The highest BCUT2D eigenvalue weighted by atomic mass is 16.3. The molecule has 2 aromatic rings. The van der Waals surface area contributed by atoms with Gasteiger partial charge >= 0.3 is 0 Å². The van der Waals surface area contributed by atoms with Gasteiger partial charge in [-0.3, -0.25) is 4.79 Å². The van der Waals surface area contributed by atoms with Gasteiger partial charge in [0.05, 0.1) is 5.56 Å². The van der Waals surface area contributed by atoms with Crippen molar-refractivity contribution in [3.63, 3.8) is 0 Å². The van der Waals surface area contributed by atoms with Gasteiger partial charge in [-0.25, -0.2) is 0 Å². The van der Waals surface area contributed by atoms with Crippen LogP contribution in [0.3, 0.4) is 0 Å². The molecule has 0 unspecified atom stereocenters. The first-order chi connectivity index (χ1) is 9.88. The lowest BCUT2D eigenvalue weighted by atomic mass is 10.1. The molecule has 0 atom stereocenters. The van der Waals surface area contributed by atoms with E-state index in [0.29, 0.717) is 5.56 Å². The van der Waals surface area contributed by atoms with Crippen LogP contribution in [0.2, 0.25) is 0 Å². The molecular formula is C15H12O6. The molecule has 0 amide bonds. The van der Waals surface area contributed by atoms with Gasteiger partial charge < -0.3 is 25.5 Å². The maximum atomic E-state index is 11.9. The van der Waals surface area contributed by atoms with Crippen molar-refractivity contribution in [3.8, 4) is 28.7 Å². The van der Waals surface area contributed by atoms with Crippen LogP contribution in [-0.2, 0) is 0 Å². The van der Waals surface area contributed by atoms with E-state index in [4.69, 9.17) is 5.11 Å². The summed E-state index contributed by atoms with van der Waals surface area (Å²) in [5.41, 5.74) is 0.100. The zero-order valence-corrected chi connectivity index (χ0v) is 10.7. The minimum Gasteiger partial charge on any atom is -0.508 e. The SMILES string of the molecule is O=C(/C=C/c1ccc(O)cc1O)c1cc(O)c(O)cc1O. The number of ketones is 1. The molecule has 2 aromatic carbocycles. The molecule has 0 radical (unpaired) electrons. The van der Waals surface area contributed by atoms with Gasteiger partial charge in [-0.2, -0.15) is 0 Å². The maximum absolute atomic E-state index is 11.9. The van der Waals surface area contributed by atoms with Crippen LogP contribution in [0.5, 0.6) is 28.7 Å². The zero-order chi connectivity index (χ0) is 15.6. The lowest BCUT2D eigenvalue weighted by Crippen LogP contribution is -1.95. The van der Waals surface area contributed by atoms with Crippen molar-refractivity contribution in [3.05, 3.63) is 47.5 Å². The summed E-state index contributed by atoms with van der Waals surface area (Å²) in [5.74, 6) is -2.50. The summed E-state index contributed by atoms with van der Waals surface area (Å²) in [6, 6.07) is 5.66. The third-order valence-corrected chi connectivity index (χ3v) is 2.79. The fourth-order valence-corrected chi connectivity index (χ4v) is 1.69. The molecule has 0 heterocycles. The highest BCUT2D eigenvalue weighted by Gasteiger charge is 2.13. The monoisotopic (exact) mass is 288 g/mol. The molecular weight excluding hydrogens is 276 g/mol. The molecule has 0 saturated carbocycles. The molecule has 2 rings (SSSR count). The van der Waals surface area contributed by atoms with Crippen molar-refractivity contribution in [2.24, 2.45) is 0 Å². The van der Waals surface area contributed by atoms with Gasteiger partial charge in [0, 0.05) is 17.7 Å². The smallest absolute Gasteiger partial charge is 0.189 e. The van der Waals surface area contributed by atoms with Gasteiger partial charge in [0.25, 0.3) is 0 Å². The van der Waals surface area contributed by atoms with Gasteiger partial charge in [0.1, 0.15) is 17.2 Å². The van der Waals surface area contributed by atoms with Crippen LogP contribution in [0, 0.1) is 0 Å². The first kappa shape index (κ1) is 14.3. The van der Waals surface area contributed by atoms with Gasteiger partial charge in [-0.1, -0.05) is 0 Å². The Labute approximate surface area is 119 Å². The summed E-state index contributed by atoms with van der Waals surface area (Å²) < 4.78 is 0. The van der Waals surface area contributed by atoms with E-state index in [1.807, 2.05) is 0 Å². The molecule has 6 nitrogen and oxygen atoms in total. The van der Waals surface area contributed by atoms with E-state index < -0.39 is 23.0 Å². The molecule has 0 bridgehead atoms. The summed E-state index contributed by atoms with van der Waals surface area (Å²) in [4.78, 5) is 11.9. The number of phenols is 5. The van der Waals surface area contributed by atoms with Crippen molar-refractivity contribution < 1.29 is 30.3 Å². The normalized spacial score (nSPS) is 10.9. The Morgan fingerprint density at radius 1 is 0.810 bits per heavy atom. The van der Waals surface area contributed by atoms with Crippen molar-refractivity contribution in [2.45, 2.75) is 0 Å². The number of hydrogen-bond acceptors (Lipinski definition) is 6. The maximum Gasteiger partial charge on any atom is 0.189 e. The average Bonchev–Trinajstić information content (AvgIpc) is 2.41. The van der Waals surface area contributed by atoms with E-state index in [1.165, 1.54) is 18.2 Å². The van der Waals surface area contributed by atoms with Crippen molar-refractivity contribution in [1.82, 2.24) is 0 Å². The topological polar surface area (TPSA) is 118 Å². The van der Waals surface area contributed by atoms with Gasteiger partial charge in [0.15, 0.2) is 17.3 Å². The number of phenolic OH excluding ortho intramolecular Hbond substituents is 5. The molecule has 0 aliphatic carbocycles. The Kier molecular flexibility index (Phi) is 3.71. The van der Waals surface area contributed by atoms with Gasteiger partial charge in [-0.05, 0) is 30.4 Å². The molecule has 0 aliphatic heterocycles. The number of carbonyl (C=O) groups is 1. The first-order valence-corrected chi connectivity index (χ1v) is 5.88. The van der Waals surface area contributed by atoms with Crippen LogP contribution in [-0.4, -0.2) is 31.3 Å². The molecule has 0 saturated heterocycles. The second-order valence-corrected chi connectivity index (χ2v) is 4.30. The summed E-state index contributed by atoms with van der Waals surface area (Å²) in [7, 11) is 0. The minimum absolute atomic E-state index is 0.114. The average molecular weight is 288 g/mol. The lowest BCUT2D eigenvalue weighted by molar-refractivity contribution is 0.104. The first-order valence-electron chi connectivity index (χ1n) is 5.88. The van der Waals surface area contributed by atoms with Crippen molar-refractivity contribution in [2.75, 3.05) is 0 Å². The molecule has 21 heavy (non-hydrogen) atoms. The van der Waals surface area contributed by atoms with Crippen LogP contribution in [0.1, 0.15) is 15.9 Å². The van der Waals surface area contributed by atoms with Gasteiger partial charge in [-0.15, -0.1) is 0 Å². The largest absolute Gasteiger partial charge is 0.508 e. The Morgan fingerprint density at radius 2 is 1.48 bits per heavy atom. The predicted octanol–water partition coefficient (Wildman–Crippen LogP) is 2.11. The number of hydrogen-bond donors (Lipinski definition) is 5. The highest BCUT2D eigenvalue weighted by Crippen LogP contribution is 2.32. The summed E-state index contributed by atoms with van der Waals surface area (Å²) in [6.45, 7) is 0. The second kappa shape index (κ2) is 5.46. The predicted molar refractivity (Wildman–Crippen MR) is 74.6 cm³/mol. The minimum atomic E-state index is -0.629. The van der Waals surface area contributed by atoms with Crippen LogP contribution in [0.4, 0.5) is 0 Å². The quantitative estimate of drug-likeness (QED) is 0.255. The Bertz CT molecular complexity index is 733. The summed E-state index contributed by atoms with van der Waals surface area (Å²) in [5, 5.41) is 46.8. The summed E-state index contributed by atoms with van der Waals surface area (Å²) in [6.07, 6.45) is 2.37. The van der Waals surface area contributed by atoms with Crippen LogP contribution in [0.15, 0.2) is 36.4 Å². The van der Waals surface area contributed by atoms with E-state index in [-0.39, 0.29) is 17.1 Å². The molecule has 0 spiro atoms. The van der Waals surface area contributed by atoms with Crippen LogP contribution < -0.4 is 0 Å². The standard InChI is InChI=1S/C15H12O6/c16-9-3-1-8(12(18)5-9)2-4-11(17)10-6-14(20)15(21)7-13(10)19/h1-7,16,18-21H/b4-2+. The Hall–Kier alpha value is -3.15. The number of rotatable bonds is 3. The molecule has 0 fully saturated rings. The third kappa shape index (κ3) is 3.06. The van der Waals surface area contributed by atoms with E-state index >= 15 is 0 Å². The van der Waals surface area contributed by atoms with Crippen LogP contribution >= 0.6 is 0 Å². The Balaban J connectivity index is 2.29. The number of carbonyl (C=O) groups excluding carboxylic acids is 1. The third-order valence-electron chi connectivity index (χ3n) is 2.79. The summed E-state index contributed by atoms with van der Waals surface area (Å²) >= 11 is 0. The highest BCUT2D eigenvalue weighted by molar-refractivity contribution is 6.09. The van der Waals surface area contributed by atoms with E-state index in [2.05, 4.69) is 0 Å². The molecule has 5 N–H and O–H groups in total. The number of allylic oxidation sites excluding steroid dienone is 1. The molecule has 6 heteroatoms. The van der Waals surface area contributed by atoms with E-state index in [0.717, 1.165) is 24.3 Å². The number of benzene rings is 2.